The van der Waals surface area contributed by atoms with Crippen molar-refractivity contribution in [3.8, 4) is 0 Å². The molecule has 7 unspecified atom stereocenters. The Balaban J connectivity index is 1.48. The van der Waals surface area contributed by atoms with E-state index in [1.54, 1.807) is 19.3 Å². The lowest BCUT2D eigenvalue weighted by Gasteiger charge is -2.59. The van der Waals surface area contributed by atoms with Gasteiger partial charge in [0.25, 0.3) is 0 Å². The largest absolute Gasteiger partial charge is 0.0649 e. The fraction of sp³-hybridized carbons (Fsp3) is 1.00. The number of hydrogen-bond donors (Lipinski definition) is 0. The van der Waals surface area contributed by atoms with Gasteiger partial charge in [-0.15, -0.1) is 0 Å². The lowest BCUT2D eigenvalue weighted by Crippen LogP contribution is -2.54. The van der Waals surface area contributed by atoms with E-state index in [0.29, 0.717) is 21.7 Å². The Bertz CT molecular complexity index is 833. The molecular formula is C33H56. The highest BCUT2D eigenvalue weighted by Gasteiger charge is 2.91. The quantitative estimate of drug-likeness (QED) is 0.389. The molecule has 0 heteroatoms. The van der Waals surface area contributed by atoms with E-state index in [9.17, 15) is 0 Å². The summed E-state index contributed by atoms with van der Waals surface area (Å²) in [6.07, 6.45) is 13.4. The van der Waals surface area contributed by atoms with Crippen molar-refractivity contribution in [2.45, 2.75) is 127 Å². The summed E-state index contributed by atoms with van der Waals surface area (Å²) < 4.78 is 0. The second-order valence-electron chi connectivity index (χ2n) is 16.7. The molecule has 188 valence electrons. The van der Waals surface area contributed by atoms with E-state index in [-0.39, 0.29) is 0 Å². The van der Waals surface area contributed by atoms with Gasteiger partial charge in [-0.2, -0.15) is 0 Å². The average Bonchev–Trinajstić information content (AvgIpc) is 2.90. The van der Waals surface area contributed by atoms with Gasteiger partial charge >= 0.3 is 0 Å². The lowest BCUT2D eigenvalue weighted by atomic mass is 9.45. The molecule has 0 bridgehead atoms. The number of rotatable bonds is 5. The van der Waals surface area contributed by atoms with Crippen LogP contribution in [0.5, 0.6) is 0 Å². The van der Waals surface area contributed by atoms with Gasteiger partial charge < -0.3 is 0 Å². The molecule has 0 heterocycles. The Morgan fingerprint density at radius 3 is 2.09 bits per heavy atom. The van der Waals surface area contributed by atoms with Crippen LogP contribution < -0.4 is 0 Å². The maximum Gasteiger partial charge on any atom is -0.0145 e. The highest BCUT2D eigenvalue weighted by Crippen LogP contribution is 2.97. The van der Waals surface area contributed by atoms with Gasteiger partial charge in [-0.3, -0.25) is 0 Å². The van der Waals surface area contributed by atoms with Crippen LogP contribution in [-0.4, -0.2) is 0 Å². The third kappa shape index (κ3) is 2.38. The van der Waals surface area contributed by atoms with Gasteiger partial charge in [-0.05, 0) is 125 Å². The zero-order valence-electron chi connectivity index (χ0n) is 24.0. The molecule has 0 saturated heterocycles. The first-order valence-electron chi connectivity index (χ1n) is 15.3. The summed E-state index contributed by atoms with van der Waals surface area (Å²) in [6.45, 7) is 26.5. The molecule has 6 aliphatic carbocycles. The molecule has 6 saturated carbocycles. The van der Waals surface area contributed by atoms with Crippen molar-refractivity contribution in [2.24, 2.45) is 79.8 Å². The molecular weight excluding hydrogens is 396 g/mol. The van der Waals surface area contributed by atoms with Crippen molar-refractivity contribution in [1.29, 1.82) is 0 Å². The average molecular weight is 453 g/mol. The van der Waals surface area contributed by atoms with Crippen LogP contribution >= 0.6 is 0 Å². The third-order valence-corrected chi connectivity index (χ3v) is 15.4. The highest BCUT2D eigenvalue weighted by atomic mass is 15.0. The summed E-state index contributed by atoms with van der Waals surface area (Å²) in [4.78, 5) is 0. The van der Waals surface area contributed by atoms with Crippen molar-refractivity contribution >= 4 is 0 Å². The van der Waals surface area contributed by atoms with Crippen LogP contribution in [-0.2, 0) is 0 Å². The lowest BCUT2D eigenvalue weighted by molar-refractivity contribution is -0.119. The smallest absolute Gasteiger partial charge is 0.0145 e. The third-order valence-electron chi connectivity index (χ3n) is 15.4. The summed E-state index contributed by atoms with van der Waals surface area (Å²) >= 11 is 0. The molecule has 0 radical (unpaired) electrons. The molecule has 2 spiro atoms. The normalized spacial score (nSPS) is 59.8. The molecule has 6 rings (SSSR count). The molecule has 0 nitrogen and oxygen atoms in total. The fourth-order valence-electron chi connectivity index (χ4n) is 13.8. The van der Waals surface area contributed by atoms with Crippen LogP contribution in [0.15, 0.2) is 0 Å². The molecule has 0 aliphatic heterocycles. The van der Waals surface area contributed by atoms with Crippen LogP contribution in [0.2, 0.25) is 0 Å². The van der Waals surface area contributed by atoms with Gasteiger partial charge in [0, 0.05) is 0 Å². The Morgan fingerprint density at radius 1 is 0.848 bits per heavy atom. The van der Waals surface area contributed by atoms with Gasteiger partial charge in [0.15, 0.2) is 0 Å². The van der Waals surface area contributed by atoms with Crippen LogP contribution in [0.4, 0.5) is 0 Å². The first kappa shape index (κ1) is 23.4. The molecule has 33 heavy (non-hydrogen) atoms. The Labute approximate surface area is 206 Å². The van der Waals surface area contributed by atoms with E-state index < -0.39 is 0 Å². The summed E-state index contributed by atoms with van der Waals surface area (Å²) in [6, 6.07) is 0. The maximum atomic E-state index is 2.88. The number of fused-ring (bicyclic) bond motifs is 2. The Morgan fingerprint density at radius 2 is 1.52 bits per heavy atom. The maximum absolute atomic E-state index is 2.88. The van der Waals surface area contributed by atoms with Crippen LogP contribution in [0.25, 0.3) is 0 Å². The highest BCUT2D eigenvalue weighted by molar-refractivity contribution is 5.39. The molecule has 0 aromatic heterocycles. The first-order chi connectivity index (χ1) is 15.3. The van der Waals surface area contributed by atoms with Crippen LogP contribution in [0, 0.1) is 79.8 Å². The van der Waals surface area contributed by atoms with E-state index in [4.69, 9.17) is 0 Å². The van der Waals surface area contributed by atoms with E-state index in [2.05, 4.69) is 69.2 Å². The van der Waals surface area contributed by atoms with E-state index >= 15 is 0 Å². The molecule has 12 atom stereocenters. The minimum atomic E-state index is 0.541. The molecule has 0 amide bonds. The zero-order valence-corrected chi connectivity index (χ0v) is 24.0. The second kappa shape index (κ2) is 6.46. The zero-order chi connectivity index (χ0) is 24.0. The minimum Gasteiger partial charge on any atom is -0.0649 e. The minimum absolute atomic E-state index is 0.541. The van der Waals surface area contributed by atoms with Gasteiger partial charge in [0.05, 0.1) is 0 Å². The van der Waals surface area contributed by atoms with Crippen molar-refractivity contribution in [3.05, 3.63) is 0 Å². The molecule has 6 fully saturated rings. The van der Waals surface area contributed by atoms with Gasteiger partial charge in [-0.1, -0.05) is 82.1 Å². The topological polar surface area (TPSA) is 0 Å². The SMILES string of the molecule is CCC(C)(CC)CCC1C2CC(C)(C)CC2(C)[C@@]23C1C[C@H](C)C(C)C2C1C[C@@]2(C)C[C@@]12[C@H]3C. The molecule has 0 aromatic carbocycles. The summed E-state index contributed by atoms with van der Waals surface area (Å²) in [5.41, 5.74) is 3.77. The summed E-state index contributed by atoms with van der Waals surface area (Å²) in [5, 5.41) is 0. The van der Waals surface area contributed by atoms with Crippen molar-refractivity contribution in [2.75, 3.05) is 0 Å². The monoisotopic (exact) mass is 452 g/mol. The molecule has 6 aliphatic rings. The Hall–Kier alpha value is 0. The predicted octanol–water partition coefficient (Wildman–Crippen LogP) is 9.63. The van der Waals surface area contributed by atoms with Crippen LogP contribution in [0.1, 0.15) is 127 Å². The van der Waals surface area contributed by atoms with Crippen molar-refractivity contribution in [1.82, 2.24) is 0 Å². The fourth-order valence-corrected chi connectivity index (χ4v) is 13.8. The summed E-state index contributed by atoms with van der Waals surface area (Å²) in [5.74, 6) is 7.91. The Kier molecular flexibility index (Phi) is 4.58. The molecule has 0 N–H and O–H groups in total. The number of hydrogen-bond acceptors (Lipinski definition) is 0. The van der Waals surface area contributed by atoms with Crippen molar-refractivity contribution in [3.63, 3.8) is 0 Å². The van der Waals surface area contributed by atoms with Gasteiger partial charge in [-0.25, -0.2) is 0 Å². The van der Waals surface area contributed by atoms with Crippen molar-refractivity contribution < 1.29 is 0 Å². The second-order valence-corrected chi connectivity index (χ2v) is 16.7. The van der Waals surface area contributed by atoms with Gasteiger partial charge in [0.2, 0.25) is 0 Å². The molecule has 0 aromatic rings. The van der Waals surface area contributed by atoms with Gasteiger partial charge in [0.1, 0.15) is 0 Å². The van der Waals surface area contributed by atoms with E-state index in [1.165, 1.54) is 38.5 Å². The first-order valence-corrected chi connectivity index (χ1v) is 15.3. The predicted molar refractivity (Wildman–Crippen MR) is 141 cm³/mol. The standard InChI is InChI=1S/C33H56/c1-11-29(8,12-2)14-13-23-24-15-20(3)21(4)27-26-17-30(9)19-32(26,30)22(5)33(24,27)31(10)18-28(6,7)16-25(23)31/h20-27H,11-19H2,1-10H3/t20-,21?,22+,23?,24?,25?,26?,27?,30-,31?,32+,33-/m0/s1. The van der Waals surface area contributed by atoms with Crippen LogP contribution in [0.3, 0.4) is 0 Å². The van der Waals surface area contributed by atoms with E-state index in [1.807, 2.05) is 0 Å². The summed E-state index contributed by atoms with van der Waals surface area (Å²) in [7, 11) is 0. The van der Waals surface area contributed by atoms with E-state index in [0.717, 1.165) is 58.2 Å².